The number of benzene rings is 1. The van der Waals surface area contributed by atoms with Gasteiger partial charge < -0.3 is 19.5 Å². The number of urea groups is 1. The lowest BCUT2D eigenvalue weighted by molar-refractivity contribution is 0.239. The molecule has 120 valence electrons. The van der Waals surface area contributed by atoms with Crippen molar-refractivity contribution in [2.24, 2.45) is 0 Å². The highest BCUT2D eigenvalue weighted by atomic mass is 16.3. The first kappa shape index (κ1) is 15.2. The fraction of sp³-hybridized carbons (Fsp3) is 0.278. The Balaban J connectivity index is 1.58. The summed E-state index contributed by atoms with van der Waals surface area (Å²) in [6, 6.07) is 9.55. The van der Waals surface area contributed by atoms with Gasteiger partial charge in [-0.1, -0.05) is 18.2 Å². The van der Waals surface area contributed by atoms with Crippen LogP contribution in [0.25, 0.3) is 11.0 Å². The molecule has 2 aromatic heterocycles. The molecule has 0 bridgehead atoms. The van der Waals surface area contributed by atoms with E-state index in [4.69, 9.17) is 8.83 Å². The summed E-state index contributed by atoms with van der Waals surface area (Å²) < 4.78 is 11.2. The van der Waals surface area contributed by atoms with Crippen LogP contribution in [0.4, 0.5) is 4.79 Å². The molecule has 5 heteroatoms. The van der Waals surface area contributed by atoms with Crippen molar-refractivity contribution < 1.29 is 13.6 Å². The third kappa shape index (κ3) is 3.23. The molecule has 0 aliphatic heterocycles. The zero-order chi connectivity index (χ0) is 16.4. The molecule has 2 amide bonds. The van der Waals surface area contributed by atoms with Crippen molar-refractivity contribution in [3.8, 4) is 0 Å². The molecule has 0 saturated carbocycles. The number of carbonyl (C=O) groups is 1. The van der Waals surface area contributed by atoms with E-state index in [1.807, 2.05) is 51.1 Å². The second-order valence-corrected chi connectivity index (χ2v) is 5.62. The first-order chi connectivity index (χ1) is 11.0. The Hall–Kier alpha value is -2.69. The van der Waals surface area contributed by atoms with Crippen LogP contribution in [0, 0.1) is 20.8 Å². The van der Waals surface area contributed by atoms with Gasteiger partial charge in [-0.3, -0.25) is 0 Å². The molecule has 0 fully saturated rings. The maximum Gasteiger partial charge on any atom is 0.315 e. The van der Waals surface area contributed by atoms with Gasteiger partial charge in [0.2, 0.25) is 0 Å². The van der Waals surface area contributed by atoms with Crippen LogP contribution in [0.15, 0.2) is 39.2 Å². The molecular formula is C18H20N2O3. The van der Waals surface area contributed by atoms with Crippen molar-refractivity contribution in [1.82, 2.24) is 10.6 Å². The minimum absolute atomic E-state index is 0.233. The van der Waals surface area contributed by atoms with Gasteiger partial charge in [-0.05, 0) is 32.9 Å². The summed E-state index contributed by atoms with van der Waals surface area (Å²) in [5, 5.41) is 6.73. The van der Waals surface area contributed by atoms with E-state index in [-0.39, 0.29) is 6.03 Å². The quantitative estimate of drug-likeness (QED) is 0.766. The number of nitrogens with one attached hydrogen (secondary N) is 2. The number of carbonyl (C=O) groups excluding carboxylic acids is 1. The highest BCUT2D eigenvalue weighted by molar-refractivity contribution is 5.82. The SMILES string of the molecule is Cc1cc(CNC(=O)NCc2oc3ccccc3c2C)c(C)o1. The number of para-hydroxylation sites is 1. The summed E-state index contributed by atoms with van der Waals surface area (Å²) in [7, 11) is 0. The summed E-state index contributed by atoms with van der Waals surface area (Å²) in [4.78, 5) is 11.9. The molecule has 0 aliphatic rings. The van der Waals surface area contributed by atoms with Gasteiger partial charge in [0.25, 0.3) is 0 Å². The molecule has 0 aliphatic carbocycles. The first-order valence-corrected chi connectivity index (χ1v) is 7.59. The normalized spacial score (nSPS) is 10.9. The third-order valence-electron chi connectivity index (χ3n) is 3.94. The van der Waals surface area contributed by atoms with E-state index in [2.05, 4.69) is 10.6 Å². The van der Waals surface area contributed by atoms with Crippen LogP contribution in [0.1, 0.15) is 28.4 Å². The standard InChI is InChI=1S/C18H20N2O3/c1-11-8-14(13(3)22-11)9-19-18(21)20-10-17-12(2)15-6-4-5-7-16(15)23-17/h4-8H,9-10H2,1-3H3,(H2,19,20,21). The largest absolute Gasteiger partial charge is 0.466 e. The smallest absolute Gasteiger partial charge is 0.315 e. The van der Waals surface area contributed by atoms with Crippen LogP contribution in [0.2, 0.25) is 0 Å². The monoisotopic (exact) mass is 312 g/mol. The van der Waals surface area contributed by atoms with Crippen LogP contribution in [0.5, 0.6) is 0 Å². The average Bonchev–Trinajstić information content (AvgIpc) is 3.03. The number of hydrogen-bond acceptors (Lipinski definition) is 3. The summed E-state index contributed by atoms with van der Waals surface area (Å²) in [5.41, 5.74) is 2.88. The van der Waals surface area contributed by atoms with Crippen molar-refractivity contribution in [2.75, 3.05) is 0 Å². The second-order valence-electron chi connectivity index (χ2n) is 5.62. The molecule has 3 aromatic rings. The second kappa shape index (κ2) is 6.20. The molecule has 0 atom stereocenters. The van der Waals surface area contributed by atoms with Crippen LogP contribution >= 0.6 is 0 Å². The summed E-state index contributed by atoms with van der Waals surface area (Å²) in [5.74, 6) is 2.45. The zero-order valence-electron chi connectivity index (χ0n) is 13.5. The molecule has 0 saturated heterocycles. The Morgan fingerprint density at radius 2 is 1.78 bits per heavy atom. The molecule has 2 heterocycles. The van der Waals surface area contributed by atoms with E-state index in [0.29, 0.717) is 13.1 Å². The molecule has 3 rings (SSSR count). The Morgan fingerprint density at radius 3 is 2.48 bits per heavy atom. The zero-order valence-corrected chi connectivity index (χ0v) is 13.5. The fourth-order valence-corrected chi connectivity index (χ4v) is 2.65. The Morgan fingerprint density at radius 1 is 1.04 bits per heavy atom. The van der Waals surface area contributed by atoms with Crippen molar-refractivity contribution in [1.29, 1.82) is 0 Å². The molecule has 2 N–H and O–H groups in total. The molecule has 1 aromatic carbocycles. The maximum absolute atomic E-state index is 11.9. The first-order valence-electron chi connectivity index (χ1n) is 7.59. The molecular weight excluding hydrogens is 292 g/mol. The summed E-state index contributed by atoms with van der Waals surface area (Å²) >= 11 is 0. The van der Waals surface area contributed by atoms with E-state index in [0.717, 1.165) is 39.4 Å². The minimum Gasteiger partial charge on any atom is -0.466 e. The van der Waals surface area contributed by atoms with E-state index in [9.17, 15) is 4.79 Å². The lowest BCUT2D eigenvalue weighted by atomic mass is 10.1. The predicted molar refractivity (Wildman–Crippen MR) is 88.2 cm³/mol. The van der Waals surface area contributed by atoms with Gasteiger partial charge in [-0.15, -0.1) is 0 Å². The molecule has 0 radical (unpaired) electrons. The van der Waals surface area contributed by atoms with E-state index in [1.54, 1.807) is 0 Å². The predicted octanol–water partition coefficient (Wildman–Crippen LogP) is 3.95. The van der Waals surface area contributed by atoms with Gasteiger partial charge in [0.05, 0.1) is 6.54 Å². The molecule has 0 unspecified atom stereocenters. The van der Waals surface area contributed by atoms with Crippen LogP contribution in [0.3, 0.4) is 0 Å². The number of rotatable bonds is 4. The van der Waals surface area contributed by atoms with Crippen molar-refractivity contribution in [3.05, 3.63) is 58.7 Å². The van der Waals surface area contributed by atoms with Crippen LogP contribution in [-0.4, -0.2) is 6.03 Å². The highest BCUT2D eigenvalue weighted by Crippen LogP contribution is 2.24. The van der Waals surface area contributed by atoms with Crippen molar-refractivity contribution in [3.63, 3.8) is 0 Å². The topological polar surface area (TPSA) is 67.4 Å². The number of amides is 2. The lowest BCUT2D eigenvalue weighted by Crippen LogP contribution is -2.34. The van der Waals surface area contributed by atoms with Gasteiger partial charge in [-0.2, -0.15) is 0 Å². The highest BCUT2D eigenvalue weighted by Gasteiger charge is 2.11. The molecule has 23 heavy (non-hydrogen) atoms. The Labute approximate surface area is 134 Å². The fourth-order valence-electron chi connectivity index (χ4n) is 2.65. The third-order valence-corrected chi connectivity index (χ3v) is 3.94. The van der Waals surface area contributed by atoms with Gasteiger partial charge in [0.1, 0.15) is 22.9 Å². The number of furan rings is 2. The van der Waals surface area contributed by atoms with Crippen LogP contribution in [-0.2, 0) is 13.1 Å². The molecule has 5 nitrogen and oxygen atoms in total. The van der Waals surface area contributed by atoms with E-state index >= 15 is 0 Å². The summed E-state index contributed by atoms with van der Waals surface area (Å²) in [6.45, 7) is 6.57. The molecule has 0 spiro atoms. The van der Waals surface area contributed by atoms with Crippen LogP contribution < -0.4 is 10.6 Å². The van der Waals surface area contributed by atoms with Gasteiger partial charge in [-0.25, -0.2) is 4.79 Å². The van der Waals surface area contributed by atoms with E-state index in [1.165, 1.54) is 0 Å². The number of aryl methyl sites for hydroxylation is 3. The average molecular weight is 312 g/mol. The maximum atomic E-state index is 11.9. The number of hydrogen-bond donors (Lipinski definition) is 2. The lowest BCUT2D eigenvalue weighted by Gasteiger charge is -2.06. The van der Waals surface area contributed by atoms with Gasteiger partial charge in [0, 0.05) is 23.1 Å². The Kier molecular flexibility index (Phi) is 4.10. The van der Waals surface area contributed by atoms with Crippen molar-refractivity contribution in [2.45, 2.75) is 33.9 Å². The van der Waals surface area contributed by atoms with Crippen molar-refractivity contribution >= 4 is 17.0 Å². The summed E-state index contributed by atoms with van der Waals surface area (Å²) in [6.07, 6.45) is 0. The minimum atomic E-state index is -0.233. The Bertz CT molecular complexity index is 845. The van der Waals surface area contributed by atoms with E-state index < -0.39 is 0 Å². The van der Waals surface area contributed by atoms with Gasteiger partial charge >= 0.3 is 6.03 Å². The number of fused-ring (bicyclic) bond motifs is 1. The van der Waals surface area contributed by atoms with Gasteiger partial charge in [0.15, 0.2) is 0 Å².